The zero-order valence-corrected chi connectivity index (χ0v) is 9.79. The summed E-state index contributed by atoms with van der Waals surface area (Å²) in [5, 5.41) is 3.40. The number of ketones is 1. The summed E-state index contributed by atoms with van der Waals surface area (Å²) in [5.41, 5.74) is 0.732. The fourth-order valence-electron chi connectivity index (χ4n) is 1.82. The second-order valence-corrected chi connectivity index (χ2v) is 3.93. The molecule has 0 aliphatic rings. The van der Waals surface area contributed by atoms with Gasteiger partial charge in [-0.2, -0.15) is 0 Å². The maximum atomic E-state index is 13.7. The number of furan rings is 1. The van der Waals surface area contributed by atoms with Crippen molar-refractivity contribution in [2.45, 2.75) is 19.9 Å². The van der Waals surface area contributed by atoms with Gasteiger partial charge in [0.25, 0.3) is 0 Å². The zero-order chi connectivity index (χ0) is 12.4. The summed E-state index contributed by atoms with van der Waals surface area (Å²) in [6.07, 6.45) is 1.41. The molecule has 4 heteroatoms. The Balaban J connectivity index is 2.38. The molecule has 0 aliphatic carbocycles. The van der Waals surface area contributed by atoms with Crippen molar-refractivity contribution in [1.29, 1.82) is 0 Å². The molecule has 1 atom stereocenters. The van der Waals surface area contributed by atoms with E-state index < -0.39 is 5.82 Å². The lowest BCUT2D eigenvalue weighted by molar-refractivity contribution is 0.0951. The van der Waals surface area contributed by atoms with Gasteiger partial charge in [-0.3, -0.25) is 4.79 Å². The summed E-state index contributed by atoms with van der Waals surface area (Å²) in [6, 6.07) is 4.06. The van der Waals surface area contributed by atoms with Crippen molar-refractivity contribution in [3.8, 4) is 0 Å². The third-order valence-corrected chi connectivity index (χ3v) is 2.71. The molecule has 0 saturated heterocycles. The number of carbonyl (C=O) groups excluding carboxylic acids is 1. The van der Waals surface area contributed by atoms with Gasteiger partial charge in [-0.15, -0.1) is 0 Å². The minimum atomic E-state index is -0.428. The number of likely N-dealkylation sites (N-methyl/N-ethyl adjacent to an activating group) is 1. The fraction of sp³-hybridized carbons (Fsp3) is 0.308. The predicted octanol–water partition coefficient (Wildman–Crippen LogP) is 2.75. The lowest BCUT2D eigenvalue weighted by Crippen LogP contribution is -2.33. The summed E-state index contributed by atoms with van der Waals surface area (Å²) in [4.78, 5) is 12.0. The lowest BCUT2D eigenvalue weighted by atomic mass is 10.0. The number of rotatable bonds is 4. The molecule has 0 bridgehead atoms. The van der Waals surface area contributed by atoms with Crippen LogP contribution in [-0.2, 0) is 0 Å². The van der Waals surface area contributed by atoms with Crippen molar-refractivity contribution < 1.29 is 13.6 Å². The van der Waals surface area contributed by atoms with Crippen molar-refractivity contribution in [2.75, 3.05) is 6.54 Å². The minimum absolute atomic E-state index is 0.135. The number of halogens is 1. The van der Waals surface area contributed by atoms with Crippen molar-refractivity contribution in [3.63, 3.8) is 0 Å². The highest BCUT2D eigenvalue weighted by molar-refractivity contribution is 6.02. The van der Waals surface area contributed by atoms with E-state index in [1.54, 1.807) is 19.1 Å². The lowest BCUT2D eigenvalue weighted by Gasteiger charge is -2.11. The van der Waals surface area contributed by atoms with E-state index in [9.17, 15) is 9.18 Å². The molecule has 2 rings (SSSR count). The predicted molar refractivity (Wildman–Crippen MR) is 63.6 cm³/mol. The maximum absolute atomic E-state index is 13.7. The van der Waals surface area contributed by atoms with Crippen LogP contribution in [0, 0.1) is 5.82 Å². The van der Waals surface area contributed by atoms with Crippen LogP contribution >= 0.6 is 0 Å². The molecule has 1 aromatic carbocycles. The Morgan fingerprint density at radius 2 is 2.29 bits per heavy atom. The highest BCUT2D eigenvalue weighted by Crippen LogP contribution is 2.21. The summed E-state index contributed by atoms with van der Waals surface area (Å²) in [5.74, 6) is -0.563. The van der Waals surface area contributed by atoms with Crippen LogP contribution in [0.15, 0.2) is 28.9 Å². The Labute approximate surface area is 98.6 Å². The first-order chi connectivity index (χ1) is 8.13. The van der Waals surface area contributed by atoms with E-state index in [0.29, 0.717) is 23.1 Å². The molecule has 0 saturated carbocycles. The second-order valence-electron chi connectivity index (χ2n) is 3.93. The van der Waals surface area contributed by atoms with E-state index in [-0.39, 0.29) is 11.8 Å². The van der Waals surface area contributed by atoms with Crippen LogP contribution in [0.5, 0.6) is 0 Å². The van der Waals surface area contributed by atoms with Crippen LogP contribution in [0.25, 0.3) is 11.0 Å². The molecule has 1 heterocycles. The topological polar surface area (TPSA) is 42.2 Å². The van der Waals surface area contributed by atoms with Gasteiger partial charge >= 0.3 is 0 Å². The molecule has 0 fully saturated rings. The van der Waals surface area contributed by atoms with Gasteiger partial charge < -0.3 is 9.73 Å². The number of carbonyl (C=O) groups is 1. The van der Waals surface area contributed by atoms with Gasteiger partial charge in [0, 0.05) is 5.56 Å². The minimum Gasteiger partial charge on any atom is -0.464 e. The van der Waals surface area contributed by atoms with Crippen LogP contribution < -0.4 is 5.32 Å². The van der Waals surface area contributed by atoms with Crippen molar-refractivity contribution >= 4 is 16.8 Å². The van der Waals surface area contributed by atoms with Crippen molar-refractivity contribution in [2.24, 2.45) is 0 Å². The molecule has 1 N–H and O–H groups in total. The van der Waals surface area contributed by atoms with Gasteiger partial charge in [0.15, 0.2) is 5.78 Å². The largest absolute Gasteiger partial charge is 0.464 e. The number of benzene rings is 1. The molecule has 0 amide bonds. The van der Waals surface area contributed by atoms with Crippen LogP contribution in [-0.4, -0.2) is 18.4 Å². The van der Waals surface area contributed by atoms with E-state index >= 15 is 0 Å². The van der Waals surface area contributed by atoms with E-state index in [2.05, 4.69) is 5.32 Å². The van der Waals surface area contributed by atoms with Crippen LogP contribution in [0.2, 0.25) is 0 Å². The third-order valence-electron chi connectivity index (χ3n) is 2.71. The Kier molecular flexibility index (Phi) is 3.24. The first-order valence-corrected chi connectivity index (χ1v) is 5.58. The first-order valence-electron chi connectivity index (χ1n) is 5.58. The SMILES string of the molecule is CCN[C@@H](C)C(=O)c1cc(F)c2ccoc2c1. The average Bonchev–Trinajstić information content (AvgIpc) is 2.77. The fourth-order valence-corrected chi connectivity index (χ4v) is 1.82. The third kappa shape index (κ3) is 2.22. The quantitative estimate of drug-likeness (QED) is 0.828. The summed E-state index contributed by atoms with van der Waals surface area (Å²) < 4.78 is 18.8. The molecule has 17 heavy (non-hydrogen) atoms. The van der Waals surface area contributed by atoms with E-state index in [1.807, 2.05) is 6.92 Å². The standard InChI is InChI=1S/C13H14FNO2/c1-3-15-8(2)13(16)9-6-11(14)10-4-5-17-12(10)7-9/h4-8,15H,3H2,1-2H3/t8-/m0/s1. The molecule has 0 aliphatic heterocycles. The Morgan fingerprint density at radius 1 is 1.53 bits per heavy atom. The van der Waals surface area contributed by atoms with Gasteiger partial charge in [-0.25, -0.2) is 4.39 Å². The molecule has 1 aromatic heterocycles. The number of hydrogen-bond acceptors (Lipinski definition) is 3. The second kappa shape index (κ2) is 4.67. The summed E-state index contributed by atoms with van der Waals surface area (Å²) >= 11 is 0. The monoisotopic (exact) mass is 235 g/mol. The van der Waals surface area contributed by atoms with Crippen LogP contribution in [0.1, 0.15) is 24.2 Å². The Morgan fingerprint density at radius 3 is 3.00 bits per heavy atom. The van der Waals surface area contributed by atoms with Crippen LogP contribution in [0.4, 0.5) is 4.39 Å². The highest BCUT2D eigenvalue weighted by atomic mass is 19.1. The van der Waals surface area contributed by atoms with Gasteiger partial charge in [0.1, 0.15) is 11.4 Å². The maximum Gasteiger partial charge on any atom is 0.179 e. The molecule has 3 nitrogen and oxygen atoms in total. The Bertz CT molecular complexity index is 547. The zero-order valence-electron chi connectivity index (χ0n) is 9.79. The number of nitrogens with one attached hydrogen (secondary N) is 1. The van der Waals surface area contributed by atoms with Crippen molar-refractivity contribution in [3.05, 3.63) is 35.8 Å². The Hall–Kier alpha value is -1.68. The molecule has 0 radical (unpaired) electrons. The van der Waals surface area contributed by atoms with E-state index in [4.69, 9.17) is 4.42 Å². The van der Waals surface area contributed by atoms with Crippen molar-refractivity contribution in [1.82, 2.24) is 5.32 Å². The smallest absolute Gasteiger partial charge is 0.179 e. The highest BCUT2D eigenvalue weighted by Gasteiger charge is 2.17. The molecule has 0 spiro atoms. The molecular weight excluding hydrogens is 221 g/mol. The molecule has 2 aromatic rings. The first kappa shape index (κ1) is 11.8. The normalized spacial score (nSPS) is 12.9. The average molecular weight is 235 g/mol. The molecule has 0 unspecified atom stereocenters. The van der Waals surface area contributed by atoms with E-state index in [1.165, 1.54) is 12.3 Å². The molecule has 90 valence electrons. The number of Topliss-reactive ketones (excluding diaryl/α,β-unsaturated/α-hetero) is 1. The van der Waals surface area contributed by atoms with Crippen LogP contribution in [0.3, 0.4) is 0 Å². The van der Waals surface area contributed by atoms with E-state index in [0.717, 1.165) is 0 Å². The van der Waals surface area contributed by atoms with Gasteiger partial charge in [-0.05, 0) is 31.7 Å². The summed E-state index contributed by atoms with van der Waals surface area (Å²) in [6.45, 7) is 4.37. The van der Waals surface area contributed by atoms with Gasteiger partial charge in [0.05, 0.1) is 17.7 Å². The molecular formula is C13H14FNO2. The number of hydrogen-bond donors (Lipinski definition) is 1. The number of fused-ring (bicyclic) bond motifs is 1. The van der Waals surface area contributed by atoms with Gasteiger partial charge in [-0.1, -0.05) is 6.92 Å². The summed E-state index contributed by atoms with van der Waals surface area (Å²) in [7, 11) is 0. The van der Waals surface area contributed by atoms with Gasteiger partial charge in [0.2, 0.25) is 0 Å².